The number of carbonyl (C=O) groups excluding carboxylic acids is 2. The van der Waals surface area contributed by atoms with Gasteiger partial charge in [0, 0.05) is 11.5 Å². The molecule has 0 saturated heterocycles. The van der Waals surface area contributed by atoms with Gasteiger partial charge in [0.1, 0.15) is 22.8 Å². The van der Waals surface area contributed by atoms with E-state index in [9.17, 15) is 19.8 Å². The average molecular weight is 455 g/mol. The number of phenols is 2. The highest BCUT2D eigenvalue weighted by Gasteiger charge is 2.57. The van der Waals surface area contributed by atoms with E-state index in [1.54, 1.807) is 0 Å². The molecule has 1 fully saturated rings. The van der Waals surface area contributed by atoms with E-state index in [-0.39, 0.29) is 39.9 Å². The Morgan fingerprint density at radius 1 is 1.06 bits per heavy atom. The van der Waals surface area contributed by atoms with Gasteiger partial charge in [0.25, 0.3) is 0 Å². The van der Waals surface area contributed by atoms with Crippen molar-refractivity contribution in [1.82, 2.24) is 0 Å². The predicted molar refractivity (Wildman–Crippen MR) is 128 cm³/mol. The molecule has 0 radical (unpaired) electrons. The predicted octanol–water partition coefficient (Wildman–Crippen LogP) is 6.41. The topological polar surface area (TPSA) is 83.8 Å². The van der Waals surface area contributed by atoms with Crippen LogP contribution in [0.2, 0.25) is 0 Å². The van der Waals surface area contributed by atoms with Gasteiger partial charge in [0.15, 0.2) is 12.6 Å². The second-order valence-corrected chi connectivity index (χ2v) is 11.8. The monoisotopic (exact) mass is 454 g/mol. The molecule has 0 spiro atoms. The molecule has 4 rings (SSSR count). The molecule has 0 bridgehead atoms. The van der Waals surface area contributed by atoms with E-state index in [4.69, 9.17) is 4.74 Å². The number of benzene rings is 1. The highest BCUT2D eigenvalue weighted by Crippen LogP contribution is 2.64. The van der Waals surface area contributed by atoms with Crippen LogP contribution in [-0.2, 0) is 0 Å². The molecule has 0 amide bonds. The fraction of sp³-hybridized carbons (Fsp3) is 0.643. The Labute approximate surface area is 197 Å². The SMILES string of the molecule is CC1=CC2C(CCC3(C)Oc4c(C=O)c(O)c(C=O)c(O)c4C(CC(C)C)C3CC1)C2(C)C. The molecule has 5 heteroatoms. The first kappa shape index (κ1) is 23.8. The molecule has 2 aliphatic carbocycles. The van der Waals surface area contributed by atoms with Crippen LogP contribution in [0.15, 0.2) is 11.6 Å². The van der Waals surface area contributed by atoms with Crippen molar-refractivity contribution in [2.45, 2.75) is 85.2 Å². The van der Waals surface area contributed by atoms with Gasteiger partial charge in [0.05, 0.1) is 11.1 Å². The highest BCUT2D eigenvalue weighted by molar-refractivity contribution is 5.95. The van der Waals surface area contributed by atoms with Crippen LogP contribution in [-0.4, -0.2) is 28.4 Å². The zero-order valence-corrected chi connectivity index (χ0v) is 20.8. The summed E-state index contributed by atoms with van der Waals surface area (Å²) in [5.74, 6) is 1.08. The fourth-order valence-corrected chi connectivity index (χ4v) is 6.79. The molecule has 2 N–H and O–H groups in total. The molecule has 5 nitrogen and oxygen atoms in total. The Morgan fingerprint density at radius 3 is 2.33 bits per heavy atom. The van der Waals surface area contributed by atoms with Crippen molar-refractivity contribution >= 4 is 12.6 Å². The first-order chi connectivity index (χ1) is 15.5. The van der Waals surface area contributed by atoms with Gasteiger partial charge in [-0.1, -0.05) is 39.3 Å². The van der Waals surface area contributed by atoms with E-state index in [2.05, 4.69) is 47.6 Å². The average Bonchev–Trinajstić information content (AvgIpc) is 3.24. The largest absolute Gasteiger partial charge is 0.507 e. The van der Waals surface area contributed by atoms with E-state index < -0.39 is 11.4 Å². The fourth-order valence-electron chi connectivity index (χ4n) is 6.79. The summed E-state index contributed by atoms with van der Waals surface area (Å²) in [6.45, 7) is 13.3. The normalized spacial score (nSPS) is 32.5. The highest BCUT2D eigenvalue weighted by atomic mass is 16.5. The Kier molecular flexibility index (Phi) is 5.91. The maximum atomic E-state index is 12.0. The molecule has 0 aromatic heterocycles. The van der Waals surface area contributed by atoms with Gasteiger partial charge in [-0.3, -0.25) is 9.59 Å². The van der Waals surface area contributed by atoms with Gasteiger partial charge >= 0.3 is 0 Å². The Balaban J connectivity index is 1.89. The van der Waals surface area contributed by atoms with Gasteiger partial charge in [-0.2, -0.15) is 0 Å². The summed E-state index contributed by atoms with van der Waals surface area (Å²) >= 11 is 0. The molecule has 33 heavy (non-hydrogen) atoms. The Hall–Kier alpha value is -2.30. The van der Waals surface area contributed by atoms with E-state index in [1.165, 1.54) is 5.57 Å². The number of aromatic hydroxyl groups is 2. The van der Waals surface area contributed by atoms with Crippen LogP contribution in [0.4, 0.5) is 0 Å². The zero-order valence-electron chi connectivity index (χ0n) is 20.8. The van der Waals surface area contributed by atoms with Crippen LogP contribution >= 0.6 is 0 Å². The molecule has 5 atom stereocenters. The standard InChI is InChI=1S/C28H38O5/c1-15(2)11-17-20-8-7-16(3)12-22-21(27(22,4)5)9-10-28(20,6)33-26-19(14-30)24(31)18(13-29)25(32)23(17)26/h12-15,17,20-22,31-32H,7-11H2,1-6H3. The third kappa shape index (κ3) is 3.77. The number of hydrogen-bond acceptors (Lipinski definition) is 5. The van der Waals surface area contributed by atoms with Crippen LogP contribution in [0.25, 0.3) is 0 Å². The number of aldehydes is 2. The summed E-state index contributed by atoms with van der Waals surface area (Å²) in [5, 5.41) is 21.7. The zero-order chi connectivity index (χ0) is 24.3. The third-order valence-electron chi connectivity index (χ3n) is 8.85. The summed E-state index contributed by atoms with van der Waals surface area (Å²) in [4.78, 5) is 23.8. The van der Waals surface area contributed by atoms with Gasteiger partial charge in [-0.05, 0) is 75.0 Å². The minimum Gasteiger partial charge on any atom is -0.507 e. The molecule has 3 aliphatic rings. The van der Waals surface area contributed by atoms with E-state index in [0.717, 1.165) is 32.1 Å². The molecule has 1 aromatic carbocycles. The van der Waals surface area contributed by atoms with Crippen LogP contribution < -0.4 is 4.74 Å². The van der Waals surface area contributed by atoms with Gasteiger partial charge < -0.3 is 14.9 Å². The number of carbonyl (C=O) groups is 2. The van der Waals surface area contributed by atoms with Crippen LogP contribution in [0.5, 0.6) is 17.2 Å². The van der Waals surface area contributed by atoms with Crippen molar-refractivity contribution in [2.24, 2.45) is 29.1 Å². The molecule has 180 valence electrons. The summed E-state index contributed by atoms with van der Waals surface area (Å²) in [6, 6.07) is 0. The lowest BCUT2D eigenvalue weighted by Gasteiger charge is -2.49. The number of fused-ring (bicyclic) bond motifs is 3. The maximum Gasteiger partial charge on any atom is 0.157 e. The number of ether oxygens (including phenoxy) is 1. The summed E-state index contributed by atoms with van der Waals surface area (Å²) in [5.41, 5.74) is 1.39. The van der Waals surface area contributed by atoms with E-state index in [0.29, 0.717) is 35.9 Å². The van der Waals surface area contributed by atoms with Crippen molar-refractivity contribution in [1.29, 1.82) is 0 Å². The lowest BCUT2D eigenvalue weighted by molar-refractivity contribution is -0.0253. The van der Waals surface area contributed by atoms with Gasteiger partial charge in [-0.15, -0.1) is 0 Å². The number of rotatable bonds is 4. The van der Waals surface area contributed by atoms with Crippen molar-refractivity contribution < 1.29 is 24.5 Å². The molecule has 5 unspecified atom stereocenters. The first-order valence-corrected chi connectivity index (χ1v) is 12.3. The Bertz CT molecular complexity index is 1000. The van der Waals surface area contributed by atoms with Crippen molar-refractivity contribution in [3.63, 3.8) is 0 Å². The molecule has 1 saturated carbocycles. The summed E-state index contributed by atoms with van der Waals surface area (Å²) in [7, 11) is 0. The van der Waals surface area contributed by atoms with Gasteiger partial charge in [-0.25, -0.2) is 0 Å². The van der Waals surface area contributed by atoms with E-state index >= 15 is 0 Å². The molecular formula is C28H38O5. The maximum absolute atomic E-state index is 12.0. The van der Waals surface area contributed by atoms with Gasteiger partial charge in [0.2, 0.25) is 0 Å². The minimum absolute atomic E-state index is 0.0314. The summed E-state index contributed by atoms with van der Waals surface area (Å²) < 4.78 is 6.63. The molecule has 1 aromatic rings. The second-order valence-electron chi connectivity index (χ2n) is 11.8. The quantitative estimate of drug-likeness (QED) is 0.405. The van der Waals surface area contributed by atoms with Crippen LogP contribution in [0, 0.1) is 29.1 Å². The third-order valence-corrected chi connectivity index (χ3v) is 8.85. The van der Waals surface area contributed by atoms with Crippen molar-refractivity contribution in [3.8, 4) is 17.2 Å². The smallest absolute Gasteiger partial charge is 0.157 e. The van der Waals surface area contributed by atoms with Crippen molar-refractivity contribution in [2.75, 3.05) is 0 Å². The van der Waals surface area contributed by atoms with Crippen LogP contribution in [0.3, 0.4) is 0 Å². The molecular weight excluding hydrogens is 416 g/mol. The lowest BCUT2D eigenvalue weighted by atomic mass is 9.65. The molecule has 1 heterocycles. The lowest BCUT2D eigenvalue weighted by Crippen LogP contribution is -2.48. The summed E-state index contributed by atoms with van der Waals surface area (Å²) in [6.07, 6.45) is 7.96. The number of hydrogen-bond donors (Lipinski definition) is 2. The number of allylic oxidation sites excluding steroid dienone is 2. The number of phenolic OH excluding ortho intramolecular Hbond substituents is 2. The Morgan fingerprint density at radius 2 is 1.73 bits per heavy atom. The molecule has 1 aliphatic heterocycles. The first-order valence-electron chi connectivity index (χ1n) is 12.3. The van der Waals surface area contributed by atoms with Crippen LogP contribution in [0.1, 0.15) is 106 Å². The van der Waals surface area contributed by atoms with Crippen molar-refractivity contribution in [3.05, 3.63) is 28.3 Å². The van der Waals surface area contributed by atoms with E-state index in [1.807, 2.05) is 0 Å². The second kappa shape index (κ2) is 8.18. The minimum atomic E-state index is -0.535.